The molecule has 0 aliphatic carbocycles. The van der Waals surface area contributed by atoms with E-state index in [-0.39, 0.29) is 12.2 Å². The standard InChI is InChI=1S/C26H28N4O2/c31-26-30(20-25(32-26)22-6-2-1-3-7-22)18-21-9-11-24(12-10-21)29-16-14-28(15-17-29)19-23-8-4-5-13-27-23/h1-13,25H,14-20H2. The molecular weight excluding hydrogens is 400 g/mol. The third-order valence-corrected chi connectivity index (χ3v) is 6.22. The summed E-state index contributed by atoms with van der Waals surface area (Å²) in [5, 5.41) is 0. The predicted molar refractivity (Wildman–Crippen MR) is 124 cm³/mol. The van der Waals surface area contributed by atoms with Gasteiger partial charge in [-0.2, -0.15) is 0 Å². The summed E-state index contributed by atoms with van der Waals surface area (Å²) in [5.74, 6) is 0. The lowest BCUT2D eigenvalue weighted by Gasteiger charge is -2.36. The second-order valence-corrected chi connectivity index (χ2v) is 8.41. The first-order valence-electron chi connectivity index (χ1n) is 11.2. The number of hydrogen-bond acceptors (Lipinski definition) is 5. The highest BCUT2D eigenvalue weighted by Crippen LogP contribution is 2.27. The summed E-state index contributed by atoms with van der Waals surface area (Å²) in [7, 11) is 0. The zero-order valence-corrected chi connectivity index (χ0v) is 18.1. The van der Waals surface area contributed by atoms with Crippen molar-refractivity contribution in [1.29, 1.82) is 0 Å². The third-order valence-electron chi connectivity index (χ3n) is 6.22. The summed E-state index contributed by atoms with van der Waals surface area (Å²) in [5.41, 5.74) is 4.52. The summed E-state index contributed by atoms with van der Waals surface area (Å²) in [6.45, 7) is 6.12. The van der Waals surface area contributed by atoms with Crippen LogP contribution in [0.15, 0.2) is 79.0 Å². The zero-order valence-electron chi connectivity index (χ0n) is 18.1. The number of hydrogen-bond donors (Lipinski definition) is 0. The van der Waals surface area contributed by atoms with E-state index in [4.69, 9.17) is 4.74 Å². The van der Waals surface area contributed by atoms with Gasteiger partial charge in [0, 0.05) is 51.2 Å². The van der Waals surface area contributed by atoms with Crippen LogP contribution in [0.25, 0.3) is 0 Å². The van der Waals surface area contributed by atoms with E-state index >= 15 is 0 Å². The molecule has 5 rings (SSSR count). The van der Waals surface area contributed by atoms with E-state index in [1.807, 2.05) is 48.7 Å². The maximum absolute atomic E-state index is 12.3. The second-order valence-electron chi connectivity index (χ2n) is 8.41. The molecule has 0 bridgehead atoms. The highest BCUT2D eigenvalue weighted by atomic mass is 16.6. The highest BCUT2D eigenvalue weighted by Gasteiger charge is 2.32. The molecule has 0 spiro atoms. The van der Waals surface area contributed by atoms with E-state index in [0.29, 0.717) is 13.1 Å². The Morgan fingerprint density at radius 1 is 0.844 bits per heavy atom. The van der Waals surface area contributed by atoms with Gasteiger partial charge in [0.2, 0.25) is 0 Å². The lowest BCUT2D eigenvalue weighted by Crippen LogP contribution is -2.46. The number of cyclic esters (lactones) is 1. The Balaban J connectivity index is 1.14. The minimum Gasteiger partial charge on any atom is -0.439 e. The Morgan fingerprint density at radius 2 is 1.59 bits per heavy atom. The van der Waals surface area contributed by atoms with Gasteiger partial charge < -0.3 is 9.64 Å². The van der Waals surface area contributed by atoms with Crippen LogP contribution in [0.5, 0.6) is 0 Å². The van der Waals surface area contributed by atoms with Crippen LogP contribution in [0.2, 0.25) is 0 Å². The zero-order chi connectivity index (χ0) is 21.8. The first-order chi connectivity index (χ1) is 15.7. The summed E-state index contributed by atoms with van der Waals surface area (Å²) in [4.78, 5) is 23.4. The van der Waals surface area contributed by atoms with Crippen LogP contribution < -0.4 is 4.90 Å². The smallest absolute Gasteiger partial charge is 0.410 e. The summed E-state index contributed by atoms with van der Waals surface area (Å²) in [6, 6.07) is 24.6. The van der Waals surface area contributed by atoms with Crippen LogP contribution in [0.3, 0.4) is 0 Å². The number of pyridine rings is 1. The molecule has 1 unspecified atom stereocenters. The quantitative estimate of drug-likeness (QED) is 0.592. The predicted octanol–water partition coefficient (Wildman–Crippen LogP) is 4.10. The molecule has 2 saturated heterocycles. The minimum atomic E-state index is -0.244. The van der Waals surface area contributed by atoms with Crippen LogP contribution in [-0.4, -0.2) is 53.6 Å². The highest BCUT2D eigenvalue weighted by molar-refractivity contribution is 5.70. The lowest BCUT2D eigenvalue weighted by atomic mass is 10.1. The average Bonchev–Trinajstić information content (AvgIpc) is 3.21. The van der Waals surface area contributed by atoms with Gasteiger partial charge in [0.25, 0.3) is 0 Å². The molecule has 3 heterocycles. The van der Waals surface area contributed by atoms with Crippen molar-refractivity contribution in [3.05, 3.63) is 95.8 Å². The molecule has 2 fully saturated rings. The molecule has 3 aromatic rings. The molecule has 1 aromatic heterocycles. The van der Waals surface area contributed by atoms with E-state index in [1.54, 1.807) is 4.90 Å². The molecule has 1 atom stereocenters. The molecule has 0 saturated carbocycles. The number of nitrogens with zero attached hydrogens (tertiary/aromatic N) is 4. The van der Waals surface area contributed by atoms with Gasteiger partial charge in [-0.25, -0.2) is 4.79 Å². The van der Waals surface area contributed by atoms with Crippen molar-refractivity contribution in [2.45, 2.75) is 19.2 Å². The van der Waals surface area contributed by atoms with Crippen molar-refractivity contribution in [2.24, 2.45) is 0 Å². The molecule has 6 heteroatoms. The van der Waals surface area contributed by atoms with Gasteiger partial charge >= 0.3 is 6.09 Å². The van der Waals surface area contributed by atoms with Crippen molar-refractivity contribution in [1.82, 2.24) is 14.8 Å². The lowest BCUT2D eigenvalue weighted by molar-refractivity contribution is 0.132. The summed E-state index contributed by atoms with van der Waals surface area (Å²) in [6.07, 6.45) is 1.42. The molecule has 0 radical (unpaired) electrons. The van der Waals surface area contributed by atoms with Crippen LogP contribution >= 0.6 is 0 Å². The average molecular weight is 429 g/mol. The first kappa shape index (κ1) is 20.5. The molecule has 2 aliphatic rings. The van der Waals surface area contributed by atoms with E-state index in [1.165, 1.54) is 5.69 Å². The number of amides is 1. The number of carbonyl (C=O) groups excluding carboxylic acids is 1. The van der Waals surface area contributed by atoms with Gasteiger partial charge in [-0.3, -0.25) is 14.8 Å². The first-order valence-corrected chi connectivity index (χ1v) is 11.2. The number of anilines is 1. The van der Waals surface area contributed by atoms with Crippen molar-refractivity contribution < 1.29 is 9.53 Å². The molecule has 2 aromatic carbocycles. The number of rotatable bonds is 6. The molecular formula is C26H28N4O2. The topological polar surface area (TPSA) is 48.9 Å². The van der Waals surface area contributed by atoms with Gasteiger partial charge in [-0.1, -0.05) is 48.5 Å². The van der Waals surface area contributed by atoms with Gasteiger partial charge in [-0.15, -0.1) is 0 Å². The Bertz CT molecular complexity index is 1020. The fraction of sp³-hybridized carbons (Fsp3) is 0.308. The summed E-state index contributed by atoms with van der Waals surface area (Å²) >= 11 is 0. The van der Waals surface area contributed by atoms with Gasteiger partial charge in [-0.05, 0) is 35.4 Å². The Labute approximate surface area is 189 Å². The van der Waals surface area contributed by atoms with Crippen LogP contribution in [0, 0.1) is 0 Å². The molecule has 1 amide bonds. The third kappa shape index (κ3) is 4.75. The van der Waals surface area contributed by atoms with E-state index in [0.717, 1.165) is 49.5 Å². The Hall–Kier alpha value is -3.38. The minimum absolute atomic E-state index is 0.189. The number of aromatic nitrogens is 1. The fourth-order valence-electron chi connectivity index (χ4n) is 4.40. The second kappa shape index (κ2) is 9.40. The molecule has 6 nitrogen and oxygen atoms in total. The normalized spacial score (nSPS) is 19.2. The van der Waals surface area contributed by atoms with Crippen LogP contribution in [0.4, 0.5) is 10.5 Å². The largest absolute Gasteiger partial charge is 0.439 e. The van der Waals surface area contributed by atoms with Crippen LogP contribution in [0.1, 0.15) is 22.9 Å². The fourth-order valence-corrected chi connectivity index (χ4v) is 4.40. The Kier molecular flexibility index (Phi) is 6.03. The summed E-state index contributed by atoms with van der Waals surface area (Å²) < 4.78 is 5.57. The van der Waals surface area contributed by atoms with E-state index in [2.05, 4.69) is 45.1 Å². The van der Waals surface area contributed by atoms with E-state index < -0.39 is 0 Å². The molecule has 32 heavy (non-hydrogen) atoms. The molecule has 2 aliphatic heterocycles. The maximum Gasteiger partial charge on any atom is 0.410 e. The van der Waals surface area contributed by atoms with Gasteiger partial charge in [0.1, 0.15) is 6.10 Å². The number of benzene rings is 2. The van der Waals surface area contributed by atoms with Gasteiger partial charge in [0.05, 0.1) is 12.2 Å². The molecule has 0 N–H and O–H groups in total. The number of ether oxygens (including phenoxy) is 1. The van der Waals surface area contributed by atoms with Gasteiger partial charge in [0.15, 0.2) is 0 Å². The van der Waals surface area contributed by atoms with Crippen molar-refractivity contribution in [3.63, 3.8) is 0 Å². The maximum atomic E-state index is 12.3. The van der Waals surface area contributed by atoms with Crippen LogP contribution in [-0.2, 0) is 17.8 Å². The SMILES string of the molecule is O=C1OC(c2ccccc2)CN1Cc1ccc(N2CCN(Cc3ccccn3)CC2)cc1. The monoisotopic (exact) mass is 428 g/mol. The molecule has 164 valence electrons. The van der Waals surface area contributed by atoms with E-state index in [9.17, 15) is 4.79 Å². The Morgan fingerprint density at radius 3 is 2.31 bits per heavy atom. The number of piperazine rings is 1. The van der Waals surface area contributed by atoms with Crippen molar-refractivity contribution in [3.8, 4) is 0 Å². The number of carbonyl (C=O) groups is 1. The van der Waals surface area contributed by atoms with Crippen molar-refractivity contribution in [2.75, 3.05) is 37.6 Å². The van der Waals surface area contributed by atoms with Crippen molar-refractivity contribution >= 4 is 11.8 Å².